The first-order valence-electron chi connectivity index (χ1n) is 6.01. The zero-order valence-electron chi connectivity index (χ0n) is 10.3. The summed E-state index contributed by atoms with van der Waals surface area (Å²) in [6, 6.07) is 7.66. The molecule has 96 valence electrons. The van der Waals surface area contributed by atoms with E-state index in [1.807, 2.05) is 28.9 Å². The Bertz CT molecular complexity index is 507. The van der Waals surface area contributed by atoms with Crippen molar-refractivity contribution in [1.82, 2.24) is 15.0 Å². The van der Waals surface area contributed by atoms with Crippen LogP contribution in [0.1, 0.15) is 30.3 Å². The van der Waals surface area contributed by atoms with Gasteiger partial charge < -0.3 is 5.11 Å². The van der Waals surface area contributed by atoms with Crippen LogP contribution < -0.4 is 0 Å². The summed E-state index contributed by atoms with van der Waals surface area (Å²) in [5.41, 5.74) is 2.80. The number of nitrogens with zero attached hydrogens (tertiary/aromatic N) is 3. The highest BCUT2D eigenvalue weighted by molar-refractivity contribution is 6.30. The number of aromatic nitrogens is 3. The molecule has 18 heavy (non-hydrogen) atoms. The topological polar surface area (TPSA) is 50.9 Å². The van der Waals surface area contributed by atoms with Crippen LogP contribution in [0.3, 0.4) is 0 Å². The number of hydrogen-bond acceptors (Lipinski definition) is 3. The summed E-state index contributed by atoms with van der Waals surface area (Å²) in [6.07, 6.45) is 1.87. The van der Waals surface area contributed by atoms with E-state index in [-0.39, 0.29) is 6.61 Å². The van der Waals surface area contributed by atoms with Gasteiger partial charge in [-0.3, -0.25) is 0 Å². The Hall–Kier alpha value is -1.39. The van der Waals surface area contributed by atoms with Crippen molar-refractivity contribution in [3.63, 3.8) is 0 Å². The SMILES string of the molecule is CCCc1c(CO)nnn1Cc1ccc(Cl)cc1. The third kappa shape index (κ3) is 2.89. The largest absolute Gasteiger partial charge is 0.390 e. The predicted octanol–water partition coefficient (Wildman–Crippen LogP) is 2.42. The van der Waals surface area contributed by atoms with E-state index in [9.17, 15) is 5.11 Å². The minimum absolute atomic E-state index is 0.0596. The lowest BCUT2D eigenvalue weighted by atomic mass is 10.2. The normalized spacial score (nSPS) is 10.8. The summed E-state index contributed by atoms with van der Waals surface area (Å²) in [4.78, 5) is 0. The highest BCUT2D eigenvalue weighted by atomic mass is 35.5. The number of rotatable bonds is 5. The molecule has 1 aromatic heterocycles. The Labute approximate surface area is 111 Å². The van der Waals surface area contributed by atoms with Gasteiger partial charge in [-0.25, -0.2) is 4.68 Å². The lowest BCUT2D eigenvalue weighted by Gasteiger charge is -2.06. The molecule has 0 amide bonds. The zero-order chi connectivity index (χ0) is 13.0. The van der Waals surface area contributed by atoms with Crippen molar-refractivity contribution in [2.45, 2.75) is 32.9 Å². The molecule has 0 saturated heterocycles. The van der Waals surface area contributed by atoms with Crippen LogP contribution in [0.25, 0.3) is 0 Å². The molecule has 0 radical (unpaired) electrons. The Morgan fingerprint density at radius 1 is 1.28 bits per heavy atom. The number of hydrogen-bond donors (Lipinski definition) is 1. The Kier molecular flexibility index (Phi) is 4.33. The predicted molar refractivity (Wildman–Crippen MR) is 70.5 cm³/mol. The van der Waals surface area contributed by atoms with Gasteiger partial charge in [0.25, 0.3) is 0 Å². The maximum atomic E-state index is 9.23. The van der Waals surface area contributed by atoms with Crippen LogP contribution in [0.5, 0.6) is 0 Å². The maximum Gasteiger partial charge on any atom is 0.111 e. The smallest absolute Gasteiger partial charge is 0.111 e. The van der Waals surface area contributed by atoms with Crippen molar-refractivity contribution in [2.75, 3.05) is 0 Å². The second-order valence-corrected chi connectivity index (χ2v) is 4.61. The van der Waals surface area contributed by atoms with Gasteiger partial charge >= 0.3 is 0 Å². The molecule has 5 heteroatoms. The molecule has 0 atom stereocenters. The Balaban J connectivity index is 2.22. The fraction of sp³-hybridized carbons (Fsp3) is 0.385. The van der Waals surface area contributed by atoms with E-state index in [0.29, 0.717) is 12.2 Å². The van der Waals surface area contributed by atoms with Gasteiger partial charge in [-0.15, -0.1) is 5.10 Å². The van der Waals surface area contributed by atoms with Crippen LogP contribution >= 0.6 is 11.6 Å². The molecular formula is C13H16ClN3O. The molecule has 4 nitrogen and oxygen atoms in total. The highest BCUT2D eigenvalue weighted by Crippen LogP contribution is 2.13. The molecule has 1 aromatic carbocycles. The molecule has 0 spiro atoms. The van der Waals surface area contributed by atoms with Gasteiger partial charge in [-0.05, 0) is 24.1 Å². The zero-order valence-corrected chi connectivity index (χ0v) is 11.1. The first-order chi connectivity index (χ1) is 8.74. The van der Waals surface area contributed by atoms with Crippen LogP contribution in [0.4, 0.5) is 0 Å². The number of aliphatic hydroxyl groups is 1. The standard InChI is InChI=1S/C13H16ClN3O/c1-2-3-13-12(9-18)15-16-17(13)8-10-4-6-11(14)7-5-10/h4-7,18H,2-3,8-9H2,1H3. The molecule has 0 unspecified atom stereocenters. The minimum Gasteiger partial charge on any atom is -0.390 e. The minimum atomic E-state index is -0.0596. The molecule has 1 N–H and O–H groups in total. The van der Waals surface area contributed by atoms with E-state index in [0.717, 1.165) is 29.1 Å². The van der Waals surface area contributed by atoms with E-state index in [1.54, 1.807) is 0 Å². The van der Waals surface area contributed by atoms with Gasteiger partial charge in [0.15, 0.2) is 0 Å². The lowest BCUT2D eigenvalue weighted by Crippen LogP contribution is -2.07. The molecule has 0 fully saturated rings. The van der Waals surface area contributed by atoms with Crippen LogP contribution in [-0.4, -0.2) is 20.1 Å². The van der Waals surface area contributed by atoms with Gasteiger partial charge in [-0.1, -0.05) is 42.3 Å². The van der Waals surface area contributed by atoms with E-state index in [4.69, 9.17) is 11.6 Å². The van der Waals surface area contributed by atoms with E-state index in [1.165, 1.54) is 0 Å². The average Bonchev–Trinajstić information content (AvgIpc) is 2.75. The van der Waals surface area contributed by atoms with E-state index >= 15 is 0 Å². The monoisotopic (exact) mass is 265 g/mol. The summed E-state index contributed by atoms with van der Waals surface area (Å²) < 4.78 is 1.85. The number of aliphatic hydroxyl groups excluding tert-OH is 1. The molecule has 0 aliphatic heterocycles. The van der Waals surface area contributed by atoms with Crippen LogP contribution in [0.2, 0.25) is 5.02 Å². The third-order valence-electron chi connectivity index (χ3n) is 2.80. The highest BCUT2D eigenvalue weighted by Gasteiger charge is 2.11. The average molecular weight is 266 g/mol. The van der Waals surface area contributed by atoms with Crippen molar-refractivity contribution in [3.05, 3.63) is 46.2 Å². The van der Waals surface area contributed by atoms with Crippen molar-refractivity contribution in [2.24, 2.45) is 0 Å². The van der Waals surface area contributed by atoms with Crippen molar-refractivity contribution >= 4 is 11.6 Å². The van der Waals surface area contributed by atoms with Crippen molar-refractivity contribution in [3.8, 4) is 0 Å². The summed E-state index contributed by atoms with van der Waals surface area (Å²) in [7, 11) is 0. The second kappa shape index (κ2) is 5.98. The third-order valence-corrected chi connectivity index (χ3v) is 3.05. The summed E-state index contributed by atoms with van der Waals surface area (Å²) in [6.45, 7) is 2.69. The fourth-order valence-electron chi connectivity index (χ4n) is 1.89. The molecule has 0 aliphatic carbocycles. The first-order valence-corrected chi connectivity index (χ1v) is 6.39. The summed E-state index contributed by atoms with van der Waals surface area (Å²) in [5.74, 6) is 0. The van der Waals surface area contributed by atoms with Gasteiger partial charge in [0.1, 0.15) is 5.69 Å². The lowest BCUT2D eigenvalue weighted by molar-refractivity contribution is 0.275. The van der Waals surface area contributed by atoms with Crippen LogP contribution in [-0.2, 0) is 19.6 Å². The van der Waals surface area contributed by atoms with Crippen molar-refractivity contribution in [1.29, 1.82) is 0 Å². The van der Waals surface area contributed by atoms with Gasteiger partial charge in [0.2, 0.25) is 0 Å². The van der Waals surface area contributed by atoms with Gasteiger partial charge in [0.05, 0.1) is 18.8 Å². The maximum absolute atomic E-state index is 9.23. The number of benzene rings is 1. The molecule has 2 aromatic rings. The quantitative estimate of drug-likeness (QED) is 0.903. The molecule has 2 rings (SSSR count). The molecule has 0 bridgehead atoms. The van der Waals surface area contributed by atoms with Gasteiger partial charge in [-0.2, -0.15) is 0 Å². The second-order valence-electron chi connectivity index (χ2n) is 4.18. The van der Waals surface area contributed by atoms with Crippen molar-refractivity contribution < 1.29 is 5.11 Å². The molecular weight excluding hydrogens is 250 g/mol. The van der Waals surface area contributed by atoms with E-state index in [2.05, 4.69) is 17.2 Å². The first kappa shape index (κ1) is 13.1. The number of halogens is 1. The van der Waals surface area contributed by atoms with Gasteiger partial charge in [0, 0.05) is 5.02 Å². The molecule has 0 saturated carbocycles. The van der Waals surface area contributed by atoms with Crippen LogP contribution in [0.15, 0.2) is 24.3 Å². The summed E-state index contributed by atoms with van der Waals surface area (Å²) in [5, 5.41) is 18.1. The fourth-order valence-corrected chi connectivity index (χ4v) is 2.02. The summed E-state index contributed by atoms with van der Waals surface area (Å²) >= 11 is 5.85. The van der Waals surface area contributed by atoms with Crippen LogP contribution in [0, 0.1) is 0 Å². The Morgan fingerprint density at radius 2 is 2.00 bits per heavy atom. The molecule has 1 heterocycles. The molecule has 0 aliphatic rings. The Morgan fingerprint density at radius 3 is 2.61 bits per heavy atom. The van der Waals surface area contributed by atoms with E-state index < -0.39 is 0 Å².